The second kappa shape index (κ2) is 7.94. The average Bonchev–Trinajstić information content (AvgIpc) is 3.11. The summed E-state index contributed by atoms with van der Waals surface area (Å²) in [4.78, 5) is 25.4. The number of rotatable bonds is 4. The van der Waals surface area contributed by atoms with Crippen molar-refractivity contribution >= 4 is 17.5 Å². The molecule has 0 N–H and O–H groups in total. The first-order valence-electron chi connectivity index (χ1n) is 10.2. The summed E-state index contributed by atoms with van der Waals surface area (Å²) in [5.74, 6) is 1.22. The first-order chi connectivity index (χ1) is 15.5. The molecule has 0 fully saturated rings. The number of ether oxygens (including phenoxy) is 2. The van der Waals surface area contributed by atoms with E-state index >= 15 is 0 Å². The Labute approximate surface area is 184 Å². The molecular weight excluding hydrogens is 408 g/mol. The molecule has 0 saturated carbocycles. The highest BCUT2D eigenvalue weighted by Crippen LogP contribution is 2.42. The molecule has 3 aromatic rings. The predicted octanol–water partition coefficient (Wildman–Crippen LogP) is 4.87. The van der Waals surface area contributed by atoms with Gasteiger partial charge in [-0.1, -0.05) is 29.8 Å². The van der Waals surface area contributed by atoms with E-state index in [1.807, 2.05) is 6.07 Å². The monoisotopic (exact) mass is 428 g/mol. The minimum Gasteiger partial charge on any atom is -0.478 e. The molecule has 160 valence electrons. The Hall–Kier alpha value is -3.97. The lowest BCUT2D eigenvalue weighted by molar-refractivity contribution is -0.384. The largest absolute Gasteiger partial charge is 0.478 e. The fraction of sp³-hybridized carbons (Fsp3) is 0.160. The fourth-order valence-electron chi connectivity index (χ4n) is 3.90. The number of hydrogen-bond donors (Lipinski definition) is 0. The number of allylic oxidation sites excluding steroid dienone is 1. The van der Waals surface area contributed by atoms with E-state index in [-0.39, 0.29) is 17.2 Å². The van der Waals surface area contributed by atoms with Crippen LogP contribution >= 0.6 is 0 Å². The lowest BCUT2D eigenvalue weighted by Crippen LogP contribution is -2.31. The van der Waals surface area contributed by atoms with Crippen LogP contribution in [0.2, 0.25) is 0 Å². The minimum atomic E-state index is -0.460. The van der Waals surface area contributed by atoms with Crippen molar-refractivity contribution in [3.8, 4) is 11.5 Å². The van der Waals surface area contributed by atoms with Gasteiger partial charge < -0.3 is 9.47 Å². The molecule has 0 amide bonds. The van der Waals surface area contributed by atoms with E-state index in [1.165, 1.54) is 23.3 Å². The van der Waals surface area contributed by atoms with Gasteiger partial charge in [-0.3, -0.25) is 19.8 Å². The molecule has 7 heteroatoms. The van der Waals surface area contributed by atoms with Crippen LogP contribution in [0.1, 0.15) is 32.6 Å². The van der Waals surface area contributed by atoms with Crippen LogP contribution in [0.4, 0.5) is 5.69 Å². The smallest absolute Gasteiger partial charge is 0.269 e. The number of carbonyl (C=O) groups is 1. The molecule has 32 heavy (non-hydrogen) atoms. The summed E-state index contributed by atoms with van der Waals surface area (Å²) < 4.78 is 11.9. The highest BCUT2D eigenvalue weighted by atomic mass is 16.6. The summed E-state index contributed by atoms with van der Waals surface area (Å²) in [5.41, 5.74) is 4.39. The number of carbonyl (C=O) groups excluding carboxylic acids is 1. The van der Waals surface area contributed by atoms with Crippen LogP contribution in [-0.2, 0) is 13.1 Å². The molecule has 0 aliphatic carbocycles. The zero-order chi connectivity index (χ0) is 22.2. The Kier molecular flexibility index (Phi) is 4.95. The molecule has 0 radical (unpaired) electrons. The van der Waals surface area contributed by atoms with Crippen molar-refractivity contribution in [2.75, 3.05) is 6.73 Å². The maximum Gasteiger partial charge on any atom is 0.269 e. The zero-order valence-electron chi connectivity index (χ0n) is 17.4. The molecule has 0 atom stereocenters. The van der Waals surface area contributed by atoms with E-state index in [9.17, 15) is 14.9 Å². The Balaban J connectivity index is 1.39. The van der Waals surface area contributed by atoms with Gasteiger partial charge in [-0.15, -0.1) is 0 Å². The maximum atomic E-state index is 12.9. The Bertz CT molecular complexity index is 1250. The summed E-state index contributed by atoms with van der Waals surface area (Å²) >= 11 is 0. The lowest BCUT2D eigenvalue weighted by atomic mass is 10.0. The predicted molar refractivity (Wildman–Crippen MR) is 118 cm³/mol. The van der Waals surface area contributed by atoms with E-state index in [0.717, 1.165) is 12.1 Å². The number of benzene rings is 3. The van der Waals surface area contributed by atoms with Gasteiger partial charge in [0.2, 0.25) is 5.78 Å². The van der Waals surface area contributed by atoms with Gasteiger partial charge in [-0.05, 0) is 48.4 Å². The van der Waals surface area contributed by atoms with Crippen molar-refractivity contribution < 1.29 is 19.2 Å². The summed E-state index contributed by atoms with van der Waals surface area (Å²) in [6.07, 6.45) is 1.60. The second-order valence-corrected chi connectivity index (χ2v) is 7.95. The van der Waals surface area contributed by atoms with Gasteiger partial charge in [-0.25, -0.2) is 0 Å². The van der Waals surface area contributed by atoms with Crippen molar-refractivity contribution in [1.29, 1.82) is 0 Å². The summed E-state index contributed by atoms with van der Waals surface area (Å²) in [6.45, 7) is 3.84. The van der Waals surface area contributed by atoms with Crippen LogP contribution in [0.5, 0.6) is 11.5 Å². The number of fused-ring (bicyclic) bond motifs is 3. The fourth-order valence-corrected chi connectivity index (χ4v) is 3.90. The summed E-state index contributed by atoms with van der Waals surface area (Å²) in [7, 11) is 0. The van der Waals surface area contributed by atoms with Gasteiger partial charge >= 0.3 is 0 Å². The minimum absolute atomic E-state index is 0.00557. The van der Waals surface area contributed by atoms with Gasteiger partial charge in [0.25, 0.3) is 5.69 Å². The van der Waals surface area contributed by atoms with E-state index in [2.05, 4.69) is 36.1 Å². The van der Waals surface area contributed by atoms with Gasteiger partial charge in [0.15, 0.2) is 5.76 Å². The first kappa shape index (κ1) is 20.0. The summed E-state index contributed by atoms with van der Waals surface area (Å²) in [6, 6.07) is 17.9. The molecule has 0 saturated heterocycles. The highest BCUT2D eigenvalue weighted by Gasteiger charge is 2.33. The topological polar surface area (TPSA) is 81.9 Å². The standard InChI is InChI=1S/C25H20N2O5/c1-16-2-4-18(5-3-16)13-26-14-21-22(31-15-26)11-10-20-24(28)23(32-25(20)21)12-17-6-8-19(9-7-17)27(29)30/h2-12H,13-15H2,1H3/b23-12-. The van der Waals surface area contributed by atoms with Gasteiger partial charge in [0.05, 0.1) is 16.1 Å². The van der Waals surface area contributed by atoms with E-state index < -0.39 is 4.92 Å². The molecule has 2 heterocycles. The molecule has 2 aliphatic heterocycles. The molecule has 3 aromatic carbocycles. The van der Waals surface area contributed by atoms with Crippen LogP contribution in [-0.4, -0.2) is 22.3 Å². The molecule has 2 aliphatic rings. The molecule has 7 nitrogen and oxygen atoms in total. The van der Waals surface area contributed by atoms with Crippen LogP contribution in [0.15, 0.2) is 66.4 Å². The van der Waals surface area contributed by atoms with Crippen molar-refractivity contribution in [3.63, 3.8) is 0 Å². The molecular formula is C25H20N2O5. The number of aryl methyl sites for hydroxylation is 1. The van der Waals surface area contributed by atoms with Crippen molar-refractivity contribution in [1.82, 2.24) is 4.90 Å². The van der Waals surface area contributed by atoms with Crippen molar-refractivity contribution in [3.05, 3.63) is 104 Å². The maximum absolute atomic E-state index is 12.9. The average molecular weight is 428 g/mol. The number of nitro groups is 1. The highest BCUT2D eigenvalue weighted by molar-refractivity contribution is 6.15. The number of hydrogen-bond acceptors (Lipinski definition) is 6. The molecule has 0 aromatic heterocycles. The number of nitrogens with zero attached hydrogens (tertiary/aromatic N) is 2. The quantitative estimate of drug-likeness (QED) is 0.335. The van der Waals surface area contributed by atoms with Gasteiger partial charge in [0.1, 0.15) is 18.2 Å². The number of ketones is 1. The third-order valence-electron chi connectivity index (χ3n) is 5.61. The number of non-ortho nitro benzene ring substituents is 1. The normalized spacial score (nSPS) is 16.3. The first-order valence-corrected chi connectivity index (χ1v) is 10.2. The molecule has 0 unspecified atom stereocenters. The van der Waals surface area contributed by atoms with Gasteiger partial charge in [-0.2, -0.15) is 0 Å². The Morgan fingerprint density at radius 1 is 1.06 bits per heavy atom. The third-order valence-corrected chi connectivity index (χ3v) is 5.61. The van der Waals surface area contributed by atoms with Crippen LogP contribution in [0.3, 0.4) is 0 Å². The van der Waals surface area contributed by atoms with E-state index in [4.69, 9.17) is 9.47 Å². The molecule has 0 spiro atoms. The Morgan fingerprint density at radius 2 is 1.81 bits per heavy atom. The Morgan fingerprint density at radius 3 is 2.53 bits per heavy atom. The van der Waals surface area contributed by atoms with Crippen LogP contribution in [0, 0.1) is 17.0 Å². The zero-order valence-corrected chi connectivity index (χ0v) is 17.4. The lowest BCUT2D eigenvalue weighted by Gasteiger charge is -2.29. The number of nitro benzene ring substituents is 1. The van der Waals surface area contributed by atoms with Crippen molar-refractivity contribution in [2.24, 2.45) is 0 Å². The molecule has 5 rings (SSSR count). The molecule has 0 bridgehead atoms. The van der Waals surface area contributed by atoms with E-state index in [1.54, 1.807) is 24.3 Å². The summed E-state index contributed by atoms with van der Waals surface area (Å²) in [5, 5.41) is 10.8. The van der Waals surface area contributed by atoms with Gasteiger partial charge in [0, 0.05) is 25.2 Å². The number of Topliss-reactive ketones (excluding diaryl/α,β-unsaturated/α-hetero) is 1. The van der Waals surface area contributed by atoms with Crippen LogP contribution < -0.4 is 9.47 Å². The SMILES string of the molecule is Cc1ccc(CN2COc3ccc4c(c3C2)O/C(=C\c2ccc([N+](=O)[O-])cc2)C4=O)cc1. The second-order valence-electron chi connectivity index (χ2n) is 7.95. The third kappa shape index (κ3) is 3.74. The van der Waals surface area contributed by atoms with E-state index in [0.29, 0.717) is 35.9 Å². The van der Waals surface area contributed by atoms with Crippen LogP contribution in [0.25, 0.3) is 6.08 Å². The van der Waals surface area contributed by atoms with Crippen molar-refractivity contribution in [2.45, 2.75) is 20.0 Å².